The molecule has 0 aromatic rings. The van der Waals surface area contributed by atoms with Crippen molar-refractivity contribution in [1.82, 2.24) is 0 Å². The van der Waals surface area contributed by atoms with Crippen molar-refractivity contribution in [3.8, 4) is 0 Å². The molecule has 0 aromatic heterocycles. The first-order valence-electron chi connectivity index (χ1n) is 5.09. The molecule has 1 fully saturated rings. The van der Waals surface area contributed by atoms with Crippen LogP contribution in [0.5, 0.6) is 0 Å². The molecule has 0 saturated heterocycles. The van der Waals surface area contributed by atoms with Gasteiger partial charge in [-0.3, -0.25) is 0 Å². The summed E-state index contributed by atoms with van der Waals surface area (Å²) in [5.41, 5.74) is 0. The quantitative estimate of drug-likeness (QED) is 0.636. The fourth-order valence-electron chi connectivity index (χ4n) is 1.42. The Morgan fingerprint density at radius 1 is 1.46 bits per heavy atom. The first-order valence-corrected chi connectivity index (χ1v) is 5.09. The average Bonchev–Trinajstić information content (AvgIpc) is 2.56. The second-order valence-electron chi connectivity index (χ2n) is 3.61. The number of ether oxygens (including phenoxy) is 2. The number of rotatable bonds is 3. The summed E-state index contributed by atoms with van der Waals surface area (Å²) >= 11 is 0. The van der Waals surface area contributed by atoms with Gasteiger partial charge in [0.25, 0.3) is 0 Å². The van der Waals surface area contributed by atoms with Crippen LogP contribution < -0.4 is 0 Å². The molecule has 1 aliphatic carbocycles. The van der Waals surface area contributed by atoms with Crippen molar-refractivity contribution in [2.24, 2.45) is 0 Å². The molecule has 1 rings (SSSR count). The molecule has 0 heterocycles. The monoisotopic (exact) mass is 186 g/mol. The topological polar surface area (TPSA) is 35.5 Å². The predicted octanol–water partition coefficient (Wildman–Crippen LogP) is 2.88. The standard InChI is InChI=1S/C10H18O3/c1-3-8(2)12-10(11)13-9-6-4-5-7-9/h8-9H,3-7H2,1-2H3/t8-/m1/s1. The van der Waals surface area contributed by atoms with Crippen LogP contribution >= 0.6 is 0 Å². The maximum absolute atomic E-state index is 11.1. The van der Waals surface area contributed by atoms with Crippen molar-refractivity contribution in [3.63, 3.8) is 0 Å². The Hall–Kier alpha value is -0.730. The van der Waals surface area contributed by atoms with Crippen molar-refractivity contribution in [2.75, 3.05) is 0 Å². The van der Waals surface area contributed by atoms with E-state index in [2.05, 4.69) is 0 Å². The second kappa shape index (κ2) is 5.10. The van der Waals surface area contributed by atoms with Gasteiger partial charge in [-0.25, -0.2) is 4.79 Å². The fourth-order valence-corrected chi connectivity index (χ4v) is 1.42. The maximum Gasteiger partial charge on any atom is 0.508 e. The molecule has 0 radical (unpaired) electrons. The summed E-state index contributed by atoms with van der Waals surface area (Å²) in [6, 6.07) is 0. The van der Waals surface area contributed by atoms with Crippen molar-refractivity contribution in [1.29, 1.82) is 0 Å². The minimum Gasteiger partial charge on any atom is -0.431 e. The lowest BCUT2D eigenvalue weighted by molar-refractivity contribution is 0.00401. The number of hydrogen-bond acceptors (Lipinski definition) is 3. The van der Waals surface area contributed by atoms with E-state index < -0.39 is 6.16 Å². The smallest absolute Gasteiger partial charge is 0.431 e. The molecule has 1 atom stereocenters. The highest BCUT2D eigenvalue weighted by Gasteiger charge is 2.20. The third-order valence-electron chi connectivity index (χ3n) is 2.44. The molecule has 0 spiro atoms. The van der Waals surface area contributed by atoms with Crippen LogP contribution in [-0.4, -0.2) is 18.4 Å². The van der Waals surface area contributed by atoms with Gasteiger partial charge in [0.2, 0.25) is 0 Å². The summed E-state index contributed by atoms with van der Waals surface area (Å²) in [5.74, 6) is 0. The van der Waals surface area contributed by atoms with E-state index >= 15 is 0 Å². The van der Waals surface area contributed by atoms with E-state index in [1.54, 1.807) is 0 Å². The Labute approximate surface area is 79.4 Å². The molecule has 1 aliphatic rings. The van der Waals surface area contributed by atoms with Gasteiger partial charge < -0.3 is 9.47 Å². The van der Waals surface area contributed by atoms with E-state index in [1.165, 1.54) is 12.8 Å². The van der Waals surface area contributed by atoms with Gasteiger partial charge in [-0.05, 0) is 39.0 Å². The minimum atomic E-state index is -0.499. The molecule has 0 amide bonds. The molecule has 0 unspecified atom stereocenters. The van der Waals surface area contributed by atoms with Crippen LogP contribution in [0.3, 0.4) is 0 Å². The SMILES string of the molecule is CC[C@@H](C)OC(=O)OC1CCCC1. The zero-order valence-electron chi connectivity index (χ0n) is 8.41. The molecule has 0 aromatic carbocycles. The molecule has 13 heavy (non-hydrogen) atoms. The second-order valence-corrected chi connectivity index (χ2v) is 3.61. The summed E-state index contributed by atoms with van der Waals surface area (Å²) in [7, 11) is 0. The molecule has 0 bridgehead atoms. The van der Waals surface area contributed by atoms with Gasteiger partial charge >= 0.3 is 6.16 Å². The number of carbonyl (C=O) groups is 1. The Morgan fingerprint density at radius 2 is 2.08 bits per heavy atom. The van der Waals surface area contributed by atoms with Crippen LogP contribution in [0, 0.1) is 0 Å². The van der Waals surface area contributed by atoms with Crippen molar-refractivity contribution in [2.45, 2.75) is 58.2 Å². The highest BCUT2D eigenvalue weighted by molar-refractivity contribution is 5.60. The lowest BCUT2D eigenvalue weighted by Gasteiger charge is -2.14. The predicted molar refractivity (Wildman–Crippen MR) is 49.6 cm³/mol. The number of carbonyl (C=O) groups excluding carboxylic acids is 1. The van der Waals surface area contributed by atoms with Crippen LogP contribution in [0.15, 0.2) is 0 Å². The normalized spacial score (nSPS) is 19.8. The molecule has 0 aliphatic heterocycles. The largest absolute Gasteiger partial charge is 0.508 e. The molecule has 0 N–H and O–H groups in total. The Morgan fingerprint density at radius 3 is 2.62 bits per heavy atom. The van der Waals surface area contributed by atoms with E-state index in [9.17, 15) is 4.79 Å². The summed E-state index contributed by atoms with van der Waals surface area (Å²) in [6.07, 6.45) is 4.74. The van der Waals surface area contributed by atoms with Gasteiger partial charge in [-0.15, -0.1) is 0 Å². The van der Waals surface area contributed by atoms with Gasteiger partial charge in [-0.1, -0.05) is 6.92 Å². The lowest BCUT2D eigenvalue weighted by atomic mass is 10.3. The van der Waals surface area contributed by atoms with E-state index in [0.29, 0.717) is 0 Å². The van der Waals surface area contributed by atoms with Crippen molar-refractivity contribution >= 4 is 6.16 Å². The highest BCUT2D eigenvalue weighted by Crippen LogP contribution is 2.21. The van der Waals surface area contributed by atoms with Crippen LogP contribution in [0.2, 0.25) is 0 Å². The van der Waals surface area contributed by atoms with Crippen molar-refractivity contribution < 1.29 is 14.3 Å². The molecule has 3 heteroatoms. The molecular formula is C10H18O3. The Kier molecular flexibility index (Phi) is 4.06. The van der Waals surface area contributed by atoms with Gasteiger partial charge in [0.05, 0.1) is 0 Å². The van der Waals surface area contributed by atoms with Crippen LogP contribution in [0.4, 0.5) is 4.79 Å². The summed E-state index contributed by atoms with van der Waals surface area (Å²) in [6.45, 7) is 3.85. The molecule has 1 saturated carbocycles. The number of hydrogen-bond donors (Lipinski definition) is 0. The Bertz CT molecular complexity index is 162. The maximum atomic E-state index is 11.1. The minimum absolute atomic E-state index is 0.0334. The van der Waals surface area contributed by atoms with E-state index in [-0.39, 0.29) is 12.2 Å². The van der Waals surface area contributed by atoms with Crippen LogP contribution in [0.25, 0.3) is 0 Å². The zero-order chi connectivity index (χ0) is 9.68. The lowest BCUT2D eigenvalue weighted by Crippen LogP contribution is -2.20. The van der Waals surface area contributed by atoms with E-state index in [1.807, 2.05) is 13.8 Å². The van der Waals surface area contributed by atoms with Crippen molar-refractivity contribution in [3.05, 3.63) is 0 Å². The first kappa shape index (κ1) is 10.4. The molecule has 3 nitrogen and oxygen atoms in total. The fraction of sp³-hybridized carbons (Fsp3) is 0.900. The first-order chi connectivity index (χ1) is 6.22. The molecular weight excluding hydrogens is 168 g/mol. The van der Waals surface area contributed by atoms with Crippen LogP contribution in [-0.2, 0) is 9.47 Å². The van der Waals surface area contributed by atoms with E-state index in [4.69, 9.17) is 9.47 Å². The third-order valence-corrected chi connectivity index (χ3v) is 2.44. The zero-order valence-corrected chi connectivity index (χ0v) is 8.41. The highest BCUT2D eigenvalue weighted by atomic mass is 16.7. The van der Waals surface area contributed by atoms with Gasteiger partial charge in [0, 0.05) is 0 Å². The van der Waals surface area contributed by atoms with Crippen LogP contribution in [0.1, 0.15) is 46.0 Å². The van der Waals surface area contributed by atoms with Gasteiger partial charge in [-0.2, -0.15) is 0 Å². The Balaban J connectivity index is 2.16. The summed E-state index contributed by atoms with van der Waals surface area (Å²) in [4.78, 5) is 11.1. The average molecular weight is 186 g/mol. The molecule has 76 valence electrons. The third kappa shape index (κ3) is 3.66. The summed E-state index contributed by atoms with van der Waals surface area (Å²) in [5, 5.41) is 0. The van der Waals surface area contributed by atoms with Gasteiger partial charge in [0.15, 0.2) is 0 Å². The summed E-state index contributed by atoms with van der Waals surface area (Å²) < 4.78 is 10.1. The van der Waals surface area contributed by atoms with Gasteiger partial charge in [0.1, 0.15) is 12.2 Å². The van der Waals surface area contributed by atoms with E-state index in [0.717, 1.165) is 19.3 Å².